The summed E-state index contributed by atoms with van der Waals surface area (Å²) in [5.74, 6) is -0.531. The van der Waals surface area contributed by atoms with Crippen LogP contribution in [0.2, 0.25) is 0 Å². The highest BCUT2D eigenvalue weighted by Crippen LogP contribution is 2.45. The first kappa shape index (κ1) is 96.1. The van der Waals surface area contributed by atoms with E-state index in [1.165, 1.54) is 231 Å². The highest BCUT2D eigenvalue weighted by Gasteiger charge is 2.30. The summed E-state index contributed by atoms with van der Waals surface area (Å²) in [5, 5.41) is 10.6. The van der Waals surface area contributed by atoms with Crippen LogP contribution >= 0.6 is 15.6 Å². The molecular formula is C79H154O17P2. The number of rotatable bonds is 78. The molecule has 0 bridgehead atoms. The zero-order valence-corrected chi connectivity index (χ0v) is 65.9. The van der Waals surface area contributed by atoms with Crippen molar-refractivity contribution < 1.29 is 80.2 Å². The lowest BCUT2D eigenvalue weighted by Gasteiger charge is -2.21. The van der Waals surface area contributed by atoms with Gasteiger partial charge in [-0.25, -0.2) is 9.13 Å². The van der Waals surface area contributed by atoms with Gasteiger partial charge >= 0.3 is 39.5 Å². The SMILES string of the molecule is CCCCCCCCCCCCCCCC(=O)OC[C@H](COP(=O)(O)OC[C@H](O)COP(=O)(O)OC[C@@H](COC(=O)CCCCCCCCCCCCCCC(C)C)OC(=O)CCCCCCCCCCCCCCCCC(C)C)OC(=O)CCCCCCCCCCCCCCC. The summed E-state index contributed by atoms with van der Waals surface area (Å²) in [6, 6.07) is 0. The quantitative estimate of drug-likeness (QED) is 0.0222. The van der Waals surface area contributed by atoms with Gasteiger partial charge in [-0.1, -0.05) is 363 Å². The minimum Gasteiger partial charge on any atom is -0.462 e. The Morgan fingerprint density at radius 2 is 0.469 bits per heavy atom. The van der Waals surface area contributed by atoms with Crippen molar-refractivity contribution >= 4 is 39.5 Å². The van der Waals surface area contributed by atoms with Crippen molar-refractivity contribution in [2.45, 2.75) is 432 Å². The van der Waals surface area contributed by atoms with E-state index in [-0.39, 0.29) is 25.7 Å². The molecule has 0 aromatic heterocycles. The van der Waals surface area contributed by atoms with Gasteiger partial charge in [0.25, 0.3) is 0 Å². The molecule has 0 radical (unpaired) electrons. The maximum atomic E-state index is 13.1. The summed E-state index contributed by atoms with van der Waals surface area (Å²) in [4.78, 5) is 73.0. The molecule has 17 nitrogen and oxygen atoms in total. The van der Waals surface area contributed by atoms with E-state index in [9.17, 15) is 43.2 Å². The van der Waals surface area contributed by atoms with Gasteiger partial charge in [0.2, 0.25) is 0 Å². The molecular weight excluding hydrogens is 1280 g/mol. The van der Waals surface area contributed by atoms with E-state index in [1.807, 2.05) is 0 Å². The Morgan fingerprint density at radius 1 is 0.276 bits per heavy atom. The molecule has 0 amide bonds. The lowest BCUT2D eigenvalue weighted by atomic mass is 10.0. The standard InChI is InChI=1S/C79H154O17P2/c1-7-9-11-13-15-17-19-23-31-37-43-49-55-61-76(81)89-67-74(95-78(83)63-57-51-45-39-33-24-20-18-16-14-12-10-8-2)69-93-97(85,86)91-65-73(80)66-92-98(87,88)94-70-75(68-90-77(82)62-56-50-44-38-32-28-27-30-36-42-48-54-60-72(5)6)96-79(84)64-58-52-46-40-34-26-22-21-25-29-35-41-47-53-59-71(3)4/h71-75,80H,7-70H2,1-6H3,(H,85,86)(H,87,88)/t73-,74+,75+/m0/s1. The number of hydrogen-bond donors (Lipinski definition) is 3. The predicted octanol–water partition coefficient (Wildman–Crippen LogP) is 23.5. The largest absolute Gasteiger partial charge is 0.472 e. The van der Waals surface area contributed by atoms with Gasteiger partial charge in [0, 0.05) is 25.7 Å². The second-order valence-corrected chi connectivity index (χ2v) is 32.3. The molecule has 0 aliphatic rings. The second-order valence-electron chi connectivity index (χ2n) is 29.4. The molecule has 0 heterocycles. The average Bonchev–Trinajstić information content (AvgIpc) is 1.92. The van der Waals surface area contributed by atoms with Gasteiger partial charge in [0.05, 0.1) is 26.4 Å². The number of hydrogen-bond acceptors (Lipinski definition) is 15. The van der Waals surface area contributed by atoms with E-state index in [0.29, 0.717) is 25.7 Å². The Balaban J connectivity index is 5.26. The van der Waals surface area contributed by atoms with Gasteiger partial charge < -0.3 is 33.8 Å². The number of unbranched alkanes of at least 4 members (excludes halogenated alkanes) is 48. The molecule has 0 aromatic carbocycles. The van der Waals surface area contributed by atoms with Crippen LogP contribution in [-0.2, 0) is 65.4 Å². The molecule has 0 fully saturated rings. The number of phosphoric ester groups is 2. The Morgan fingerprint density at radius 3 is 0.694 bits per heavy atom. The Kier molecular flexibility index (Phi) is 69.3. The summed E-state index contributed by atoms with van der Waals surface area (Å²) in [6.07, 6.45) is 59.4. The highest BCUT2D eigenvalue weighted by molar-refractivity contribution is 7.47. The number of carbonyl (C=O) groups excluding carboxylic acids is 4. The number of carbonyl (C=O) groups is 4. The summed E-state index contributed by atoms with van der Waals surface area (Å²) in [5.41, 5.74) is 0. The van der Waals surface area contributed by atoms with E-state index in [4.69, 9.17) is 37.0 Å². The molecule has 0 aliphatic heterocycles. The van der Waals surface area contributed by atoms with Crippen LogP contribution in [0, 0.1) is 11.8 Å². The van der Waals surface area contributed by atoms with Gasteiger partial charge in [-0.05, 0) is 37.5 Å². The third kappa shape index (κ3) is 72.4. The van der Waals surface area contributed by atoms with E-state index in [0.717, 1.165) is 102 Å². The third-order valence-electron chi connectivity index (χ3n) is 18.5. The van der Waals surface area contributed by atoms with Crippen molar-refractivity contribution in [2.75, 3.05) is 39.6 Å². The third-order valence-corrected chi connectivity index (χ3v) is 20.4. The van der Waals surface area contributed by atoms with E-state index in [1.54, 1.807) is 0 Å². The van der Waals surface area contributed by atoms with Crippen LogP contribution in [0.5, 0.6) is 0 Å². The number of aliphatic hydroxyl groups excluding tert-OH is 1. The van der Waals surface area contributed by atoms with Crippen LogP contribution in [0.15, 0.2) is 0 Å². The summed E-state index contributed by atoms with van der Waals surface area (Å²) in [6.45, 7) is 9.66. The zero-order valence-electron chi connectivity index (χ0n) is 64.1. The minimum absolute atomic E-state index is 0.108. The maximum absolute atomic E-state index is 13.1. The normalized spacial score (nSPS) is 13.9. The van der Waals surface area contributed by atoms with Gasteiger partial charge in [0.15, 0.2) is 12.2 Å². The average molecular weight is 1440 g/mol. The highest BCUT2D eigenvalue weighted by atomic mass is 31.2. The first-order valence-corrected chi connectivity index (χ1v) is 44.0. The topological polar surface area (TPSA) is 237 Å². The van der Waals surface area contributed by atoms with Crippen LogP contribution in [0.4, 0.5) is 0 Å². The summed E-state index contributed by atoms with van der Waals surface area (Å²) in [7, 11) is -9.92. The predicted molar refractivity (Wildman–Crippen MR) is 400 cm³/mol. The van der Waals surface area contributed by atoms with Crippen LogP contribution in [0.3, 0.4) is 0 Å². The fourth-order valence-electron chi connectivity index (χ4n) is 12.2. The molecule has 0 aromatic rings. The fourth-order valence-corrected chi connectivity index (χ4v) is 13.8. The van der Waals surface area contributed by atoms with Gasteiger partial charge in [-0.2, -0.15) is 0 Å². The van der Waals surface area contributed by atoms with Gasteiger partial charge in [-0.15, -0.1) is 0 Å². The van der Waals surface area contributed by atoms with E-state index >= 15 is 0 Å². The number of phosphoric acid groups is 2. The molecule has 582 valence electrons. The first-order valence-electron chi connectivity index (χ1n) is 41.0. The smallest absolute Gasteiger partial charge is 0.462 e. The maximum Gasteiger partial charge on any atom is 0.472 e. The molecule has 0 saturated heterocycles. The molecule has 19 heteroatoms. The Bertz CT molecular complexity index is 1890. The van der Waals surface area contributed by atoms with Crippen LogP contribution in [0.1, 0.15) is 414 Å². The fraction of sp³-hybridized carbons (Fsp3) is 0.949. The molecule has 0 saturated carbocycles. The van der Waals surface area contributed by atoms with Crippen molar-refractivity contribution in [1.82, 2.24) is 0 Å². The minimum atomic E-state index is -4.96. The lowest BCUT2D eigenvalue weighted by Crippen LogP contribution is -2.30. The lowest BCUT2D eigenvalue weighted by molar-refractivity contribution is -0.161. The van der Waals surface area contributed by atoms with Crippen molar-refractivity contribution in [1.29, 1.82) is 0 Å². The first-order chi connectivity index (χ1) is 47.4. The second kappa shape index (κ2) is 70.7. The van der Waals surface area contributed by atoms with Crippen molar-refractivity contribution in [3.8, 4) is 0 Å². The summed E-state index contributed by atoms with van der Waals surface area (Å²) < 4.78 is 68.7. The molecule has 0 rings (SSSR count). The van der Waals surface area contributed by atoms with Crippen molar-refractivity contribution in [3.63, 3.8) is 0 Å². The van der Waals surface area contributed by atoms with Crippen LogP contribution < -0.4 is 0 Å². The monoisotopic (exact) mass is 1440 g/mol. The van der Waals surface area contributed by atoms with Gasteiger partial charge in [0.1, 0.15) is 19.3 Å². The molecule has 0 aliphatic carbocycles. The number of esters is 4. The van der Waals surface area contributed by atoms with E-state index < -0.39 is 97.5 Å². The molecule has 0 spiro atoms. The van der Waals surface area contributed by atoms with Crippen molar-refractivity contribution in [3.05, 3.63) is 0 Å². The summed E-state index contributed by atoms with van der Waals surface area (Å²) >= 11 is 0. The van der Waals surface area contributed by atoms with Crippen LogP contribution in [0.25, 0.3) is 0 Å². The number of aliphatic hydroxyl groups is 1. The van der Waals surface area contributed by atoms with Crippen molar-refractivity contribution in [2.24, 2.45) is 11.8 Å². The molecule has 3 N–H and O–H groups in total. The molecule has 2 unspecified atom stereocenters. The van der Waals surface area contributed by atoms with E-state index in [2.05, 4.69) is 41.5 Å². The zero-order chi connectivity index (χ0) is 72.1. The van der Waals surface area contributed by atoms with Gasteiger partial charge in [-0.3, -0.25) is 37.3 Å². The molecule has 5 atom stereocenters. The molecule has 98 heavy (non-hydrogen) atoms. The Labute approximate surface area is 600 Å². The Hall–Kier alpha value is -1.94. The van der Waals surface area contributed by atoms with Crippen LogP contribution in [-0.4, -0.2) is 96.7 Å². The number of ether oxygens (including phenoxy) is 4.